The maximum absolute atomic E-state index is 12.8. The van der Waals surface area contributed by atoms with Crippen molar-refractivity contribution >= 4 is 22.7 Å². The van der Waals surface area contributed by atoms with Crippen LogP contribution in [0.4, 0.5) is 0 Å². The van der Waals surface area contributed by atoms with E-state index in [-0.39, 0.29) is 11.8 Å². The predicted molar refractivity (Wildman–Crippen MR) is 94.8 cm³/mol. The molecule has 1 aliphatic heterocycles. The van der Waals surface area contributed by atoms with E-state index in [1.807, 2.05) is 60.7 Å². The number of carbonyl (C=O) groups excluding carboxylic acids is 2. The van der Waals surface area contributed by atoms with Crippen molar-refractivity contribution in [2.75, 3.05) is 26.2 Å². The largest absolute Gasteiger partial charge is 0.340 e. The first-order chi connectivity index (χ1) is 11.5. The molecule has 2 amide bonds. The minimum absolute atomic E-state index is 0.0306. The summed E-state index contributed by atoms with van der Waals surface area (Å²) < 4.78 is 1.94. The molecule has 3 rings (SSSR count). The van der Waals surface area contributed by atoms with E-state index in [4.69, 9.17) is 0 Å². The molecule has 2 heterocycles. The predicted octanol–water partition coefficient (Wildman–Crippen LogP) is 2.43. The highest BCUT2D eigenvalue weighted by Gasteiger charge is 2.25. The van der Waals surface area contributed by atoms with Crippen LogP contribution in [0, 0.1) is 0 Å². The molecule has 1 aromatic heterocycles. The van der Waals surface area contributed by atoms with Gasteiger partial charge in [-0.3, -0.25) is 9.59 Å². The second-order valence-electron chi connectivity index (χ2n) is 6.49. The van der Waals surface area contributed by atoms with E-state index in [1.165, 1.54) is 0 Å². The molecule has 0 radical (unpaired) electrons. The summed E-state index contributed by atoms with van der Waals surface area (Å²) in [5.41, 5.74) is 2.74. The normalized spacial score (nSPS) is 14.8. The Morgan fingerprint density at radius 1 is 1.00 bits per heavy atom. The van der Waals surface area contributed by atoms with Crippen LogP contribution in [0.1, 0.15) is 24.3 Å². The molecule has 0 saturated carbocycles. The fraction of sp³-hybridized carbons (Fsp3) is 0.368. The van der Waals surface area contributed by atoms with Gasteiger partial charge >= 0.3 is 0 Å². The molecule has 0 N–H and O–H groups in total. The molecule has 1 aromatic carbocycles. The van der Waals surface area contributed by atoms with Crippen molar-refractivity contribution in [2.45, 2.75) is 13.8 Å². The van der Waals surface area contributed by atoms with Gasteiger partial charge in [-0.05, 0) is 26.0 Å². The topological polar surface area (TPSA) is 45.6 Å². The number of piperazine rings is 1. The number of aryl methyl sites for hydroxylation is 1. The van der Waals surface area contributed by atoms with Crippen molar-refractivity contribution in [3.8, 4) is 0 Å². The molecule has 24 heavy (non-hydrogen) atoms. The van der Waals surface area contributed by atoms with Crippen LogP contribution in [-0.4, -0.2) is 52.4 Å². The lowest BCUT2D eigenvalue weighted by atomic mass is 10.2. The Kier molecular flexibility index (Phi) is 4.42. The van der Waals surface area contributed by atoms with E-state index in [2.05, 4.69) is 0 Å². The van der Waals surface area contributed by atoms with Crippen molar-refractivity contribution in [3.05, 3.63) is 47.7 Å². The van der Waals surface area contributed by atoms with Gasteiger partial charge in [-0.2, -0.15) is 0 Å². The number of amides is 2. The monoisotopic (exact) mass is 325 g/mol. The van der Waals surface area contributed by atoms with Crippen LogP contribution in [0.3, 0.4) is 0 Å². The summed E-state index contributed by atoms with van der Waals surface area (Å²) in [5, 5.41) is 1.07. The number of rotatable bonds is 2. The van der Waals surface area contributed by atoms with Gasteiger partial charge in [0.2, 0.25) is 5.91 Å². The van der Waals surface area contributed by atoms with E-state index in [1.54, 1.807) is 11.0 Å². The zero-order chi connectivity index (χ0) is 17.3. The third kappa shape index (κ3) is 3.07. The van der Waals surface area contributed by atoms with Gasteiger partial charge < -0.3 is 14.4 Å². The molecule has 0 bridgehead atoms. The van der Waals surface area contributed by atoms with Crippen LogP contribution in [-0.2, 0) is 11.8 Å². The first-order valence-corrected chi connectivity index (χ1v) is 8.25. The van der Waals surface area contributed by atoms with Crippen molar-refractivity contribution < 1.29 is 9.59 Å². The lowest BCUT2D eigenvalue weighted by Crippen LogP contribution is -2.50. The summed E-state index contributed by atoms with van der Waals surface area (Å²) in [6.45, 7) is 6.14. The molecule has 1 aliphatic rings. The Balaban J connectivity index is 1.72. The van der Waals surface area contributed by atoms with Crippen molar-refractivity contribution in [3.63, 3.8) is 0 Å². The maximum Gasteiger partial charge on any atom is 0.270 e. The molecule has 0 atom stereocenters. The van der Waals surface area contributed by atoms with Crippen LogP contribution in [0.25, 0.3) is 10.9 Å². The second-order valence-corrected chi connectivity index (χ2v) is 6.49. The van der Waals surface area contributed by atoms with Crippen LogP contribution in [0.2, 0.25) is 0 Å². The number of hydrogen-bond donors (Lipinski definition) is 0. The average Bonchev–Trinajstić information content (AvgIpc) is 2.91. The van der Waals surface area contributed by atoms with Crippen molar-refractivity contribution in [1.29, 1.82) is 0 Å². The molecular weight excluding hydrogens is 302 g/mol. The Labute approximate surface area is 142 Å². The minimum Gasteiger partial charge on any atom is -0.340 e. The van der Waals surface area contributed by atoms with Gasteiger partial charge in [-0.15, -0.1) is 0 Å². The van der Waals surface area contributed by atoms with Crippen LogP contribution in [0.15, 0.2) is 42.0 Å². The van der Waals surface area contributed by atoms with E-state index in [0.29, 0.717) is 31.9 Å². The molecule has 0 unspecified atom stereocenters. The molecule has 2 aromatic rings. The van der Waals surface area contributed by atoms with Gasteiger partial charge in [0, 0.05) is 50.2 Å². The van der Waals surface area contributed by atoms with Crippen molar-refractivity contribution in [2.24, 2.45) is 7.05 Å². The highest BCUT2D eigenvalue weighted by molar-refractivity contribution is 5.99. The van der Waals surface area contributed by atoms with Crippen molar-refractivity contribution in [1.82, 2.24) is 14.4 Å². The molecular formula is C19H23N3O2. The van der Waals surface area contributed by atoms with Gasteiger partial charge in [0.15, 0.2) is 0 Å². The Morgan fingerprint density at radius 3 is 2.25 bits per heavy atom. The summed E-state index contributed by atoms with van der Waals surface area (Å²) in [6.07, 6.45) is 1.65. The summed E-state index contributed by atoms with van der Waals surface area (Å²) in [6, 6.07) is 9.93. The van der Waals surface area contributed by atoms with E-state index < -0.39 is 0 Å². The lowest BCUT2D eigenvalue weighted by Gasteiger charge is -2.34. The number of fused-ring (bicyclic) bond motifs is 1. The minimum atomic E-state index is 0.0306. The zero-order valence-corrected chi connectivity index (χ0v) is 14.5. The number of hydrogen-bond acceptors (Lipinski definition) is 2. The first kappa shape index (κ1) is 16.3. The smallest absolute Gasteiger partial charge is 0.270 e. The number of benzene rings is 1. The van der Waals surface area contributed by atoms with Gasteiger partial charge in [0.25, 0.3) is 5.91 Å². The number of aromatic nitrogens is 1. The molecule has 5 nitrogen and oxygen atoms in total. The SMILES string of the molecule is CC(C)=CC(=O)N1CCN(C(=O)c2cc3ccccc3n2C)CC1. The van der Waals surface area contributed by atoms with Crippen LogP contribution in [0.5, 0.6) is 0 Å². The van der Waals surface area contributed by atoms with Gasteiger partial charge in [0.05, 0.1) is 0 Å². The molecule has 0 spiro atoms. The Hall–Kier alpha value is -2.56. The third-order valence-electron chi connectivity index (χ3n) is 4.46. The summed E-state index contributed by atoms with van der Waals surface area (Å²) >= 11 is 0. The van der Waals surface area contributed by atoms with Gasteiger partial charge in [-0.25, -0.2) is 0 Å². The molecule has 0 aliphatic carbocycles. The summed E-state index contributed by atoms with van der Waals surface area (Å²) in [5.74, 6) is 0.0646. The molecule has 1 saturated heterocycles. The molecule has 126 valence electrons. The fourth-order valence-electron chi connectivity index (χ4n) is 3.12. The zero-order valence-electron chi connectivity index (χ0n) is 14.5. The molecule has 5 heteroatoms. The molecule has 1 fully saturated rings. The van der Waals surface area contributed by atoms with E-state index in [9.17, 15) is 9.59 Å². The summed E-state index contributed by atoms with van der Waals surface area (Å²) in [4.78, 5) is 28.5. The van der Waals surface area contributed by atoms with Gasteiger partial charge in [0.1, 0.15) is 5.69 Å². The fourth-order valence-corrected chi connectivity index (χ4v) is 3.12. The standard InChI is InChI=1S/C19H23N3O2/c1-14(2)12-18(23)21-8-10-22(11-9-21)19(24)17-13-15-6-4-5-7-16(15)20(17)3/h4-7,12-13H,8-11H2,1-3H3. The maximum atomic E-state index is 12.8. The average molecular weight is 325 g/mol. The number of para-hydroxylation sites is 1. The second kappa shape index (κ2) is 6.51. The lowest BCUT2D eigenvalue weighted by molar-refractivity contribution is -0.127. The van der Waals surface area contributed by atoms with Gasteiger partial charge in [-0.1, -0.05) is 23.8 Å². The first-order valence-electron chi connectivity index (χ1n) is 8.25. The van der Waals surface area contributed by atoms with Crippen LogP contribution < -0.4 is 0 Å². The number of nitrogens with zero attached hydrogens (tertiary/aromatic N) is 3. The summed E-state index contributed by atoms with van der Waals surface area (Å²) in [7, 11) is 1.92. The number of carbonyl (C=O) groups is 2. The number of allylic oxidation sites excluding steroid dienone is 1. The quantitative estimate of drug-likeness (QED) is 0.796. The van der Waals surface area contributed by atoms with Crippen LogP contribution >= 0.6 is 0 Å². The Bertz CT molecular complexity index is 807. The highest BCUT2D eigenvalue weighted by atomic mass is 16.2. The van der Waals surface area contributed by atoms with E-state index >= 15 is 0 Å². The third-order valence-corrected chi connectivity index (χ3v) is 4.46. The Morgan fingerprint density at radius 2 is 1.62 bits per heavy atom. The van der Waals surface area contributed by atoms with E-state index in [0.717, 1.165) is 16.5 Å². The highest BCUT2D eigenvalue weighted by Crippen LogP contribution is 2.20.